The number of hydrogen-bond donors (Lipinski definition) is 1. The van der Waals surface area contributed by atoms with Crippen LogP contribution in [-0.2, 0) is 0 Å². The fourth-order valence-corrected chi connectivity index (χ4v) is 2.59. The third-order valence-corrected chi connectivity index (χ3v) is 3.57. The summed E-state index contributed by atoms with van der Waals surface area (Å²) in [6.07, 6.45) is 4.73. The molecule has 1 fully saturated rings. The van der Waals surface area contributed by atoms with E-state index in [1.165, 1.54) is 12.8 Å². The molecule has 1 aromatic carbocycles. The highest BCUT2D eigenvalue weighted by Crippen LogP contribution is 2.35. The van der Waals surface area contributed by atoms with E-state index in [0.717, 1.165) is 25.4 Å². The van der Waals surface area contributed by atoms with Crippen LogP contribution in [0.3, 0.4) is 0 Å². The molecule has 0 atom stereocenters. The molecule has 5 heteroatoms. The zero-order chi connectivity index (χ0) is 13.0. The number of hydrogen-bond acceptors (Lipinski definition) is 2. The Morgan fingerprint density at radius 3 is 2.39 bits per heavy atom. The van der Waals surface area contributed by atoms with Crippen molar-refractivity contribution in [3.05, 3.63) is 27.2 Å². The zero-order valence-corrected chi connectivity index (χ0v) is 12.3. The number of benzene rings is 1. The van der Waals surface area contributed by atoms with Gasteiger partial charge in [-0.25, -0.2) is 0 Å². The lowest BCUT2D eigenvalue weighted by Gasteiger charge is -2.10. The molecule has 0 radical (unpaired) electrons. The quantitative estimate of drug-likeness (QED) is 0.746. The van der Waals surface area contributed by atoms with Gasteiger partial charge in [-0.1, -0.05) is 34.8 Å². The maximum atomic E-state index is 6.02. The van der Waals surface area contributed by atoms with Crippen LogP contribution in [0.5, 0.6) is 5.75 Å². The Labute approximate surface area is 123 Å². The molecule has 0 heterocycles. The summed E-state index contributed by atoms with van der Waals surface area (Å²) in [5, 5.41) is 4.90. The standard InChI is InChI=1S/C13H16Cl3NO/c14-9-7-11(15)13(12(16)8-9)18-6-2-1-5-17-10-3-4-10/h7-8,10,17H,1-6H2. The van der Waals surface area contributed by atoms with E-state index in [1.807, 2.05) is 0 Å². The molecule has 0 amide bonds. The van der Waals surface area contributed by atoms with Crippen LogP contribution in [0.15, 0.2) is 12.1 Å². The van der Waals surface area contributed by atoms with Gasteiger partial charge in [-0.15, -0.1) is 0 Å². The average molecular weight is 309 g/mol. The van der Waals surface area contributed by atoms with Gasteiger partial charge in [0.1, 0.15) is 0 Å². The second-order valence-corrected chi connectivity index (χ2v) is 5.73. The van der Waals surface area contributed by atoms with Gasteiger partial charge in [-0.3, -0.25) is 0 Å². The third-order valence-electron chi connectivity index (χ3n) is 2.79. The number of unbranched alkanes of at least 4 members (excludes halogenated alkanes) is 1. The van der Waals surface area contributed by atoms with E-state index in [-0.39, 0.29) is 0 Å². The monoisotopic (exact) mass is 307 g/mol. The highest BCUT2D eigenvalue weighted by atomic mass is 35.5. The predicted molar refractivity (Wildman–Crippen MR) is 77.2 cm³/mol. The molecule has 0 unspecified atom stereocenters. The number of halogens is 3. The summed E-state index contributed by atoms with van der Waals surface area (Å²) in [5.41, 5.74) is 0. The van der Waals surface area contributed by atoms with Gasteiger partial charge in [-0.05, 0) is 44.4 Å². The van der Waals surface area contributed by atoms with Gasteiger partial charge in [-0.2, -0.15) is 0 Å². The van der Waals surface area contributed by atoms with Crippen LogP contribution in [0.4, 0.5) is 0 Å². The fourth-order valence-electron chi connectivity index (χ4n) is 1.66. The Bertz CT molecular complexity index is 384. The molecule has 1 aromatic rings. The molecule has 1 saturated carbocycles. The number of rotatable bonds is 7. The summed E-state index contributed by atoms with van der Waals surface area (Å²) in [6, 6.07) is 4.05. The second kappa shape index (κ2) is 6.85. The van der Waals surface area contributed by atoms with Crippen LogP contribution in [0, 0.1) is 0 Å². The Kier molecular flexibility index (Phi) is 5.43. The third kappa shape index (κ3) is 4.51. The molecule has 0 saturated heterocycles. The van der Waals surface area contributed by atoms with Crippen LogP contribution in [0.2, 0.25) is 15.1 Å². The van der Waals surface area contributed by atoms with Crippen molar-refractivity contribution in [2.24, 2.45) is 0 Å². The molecule has 100 valence electrons. The van der Waals surface area contributed by atoms with Crippen molar-refractivity contribution in [1.29, 1.82) is 0 Å². The summed E-state index contributed by atoms with van der Waals surface area (Å²) >= 11 is 17.9. The minimum atomic E-state index is 0.462. The summed E-state index contributed by atoms with van der Waals surface area (Å²) in [7, 11) is 0. The maximum Gasteiger partial charge on any atom is 0.156 e. The lowest BCUT2D eigenvalue weighted by molar-refractivity contribution is 0.306. The molecular formula is C13H16Cl3NO. The number of nitrogens with one attached hydrogen (secondary N) is 1. The van der Waals surface area contributed by atoms with Crippen molar-refractivity contribution in [3.8, 4) is 5.75 Å². The topological polar surface area (TPSA) is 21.3 Å². The Morgan fingerprint density at radius 1 is 1.11 bits per heavy atom. The molecule has 0 bridgehead atoms. The molecule has 2 nitrogen and oxygen atoms in total. The minimum Gasteiger partial charge on any atom is -0.490 e. The van der Waals surface area contributed by atoms with Crippen molar-refractivity contribution in [2.45, 2.75) is 31.7 Å². The molecule has 2 rings (SSSR count). The molecule has 18 heavy (non-hydrogen) atoms. The predicted octanol–water partition coefficient (Wildman–Crippen LogP) is 4.56. The maximum absolute atomic E-state index is 6.02. The van der Waals surface area contributed by atoms with E-state index in [4.69, 9.17) is 39.5 Å². The first-order chi connectivity index (χ1) is 8.66. The van der Waals surface area contributed by atoms with Crippen molar-refractivity contribution in [3.63, 3.8) is 0 Å². The van der Waals surface area contributed by atoms with Gasteiger partial charge in [0.05, 0.1) is 16.7 Å². The highest BCUT2D eigenvalue weighted by Gasteiger charge is 2.19. The largest absolute Gasteiger partial charge is 0.490 e. The van der Waals surface area contributed by atoms with Crippen LogP contribution in [0.1, 0.15) is 25.7 Å². The van der Waals surface area contributed by atoms with E-state index in [0.29, 0.717) is 27.4 Å². The molecule has 0 aliphatic heterocycles. The Morgan fingerprint density at radius 2 is 1.78 bits per heavy atom. The van der Waals surface area contributed by atoms with Gasteiger partial charge < -0.3 is 10.1 Å². The van der Waals surface area contributed by atoms with E-state index >= 15 is 0 Å². The highest BCUT2D eigenvalue weighted by molar-refractivity contribution is 6.40. The van der Waals surface area contributed by atoms with E-state index in [2.05, 4.69) is 5.32 Å². The van der Waals surface area contributed by atoms with E-state index < -0.39 is 0 Å². The molecule has 0 spiro atoms. The fraction of sp³-hybridized carbons (Fsp3) is 0.538. The summed E-state index contributed by atoms with van der Waals surface area (Å²) < 4.78 is 5.59. The van der Waals surface area contributed by atoms with Crippen LogP contribution < -0.4 is 10.1 Å². The van der Waals surface area contributed by atoms with Gasteiger partial charge in [0.15, 0.2) is 5.75 Å². The van der Waals surface area contributed by atoms with Crippen LogP contribution in [-0.4, -0.2) is 19.2 Å². The van der Waals surface area contributed by atoms with Crippen molar-refractivity contribution in [1.82, 2.24) is 5.32 Å². The van der Waals surface area contributed by atoms with Gasteiger partial charge in [0.2, 0.25) is 0 Å². The first-order valence-electron chi connectivity index (χ1n) is 6.17. The summed E-state index contributed by atoms with van der Waals surface area (Å²) in [5.74, 6) is 0.526. The first kappa shape index (κ1) is 14.3. The van der Waals surface area contributed by atoms with Gasteiger partial charge in [0, 0.05) is 11.1 Å². The molecular weight excluding hydrogens is 293 g/mol. The molecule has 1 N–H and O–H groups in total. The Balaban J connectivity index is 1.68. The molecule has 1 aliphatic rings. The first-order valence-corrected chi connectivity index (χ1v) is 7.31. The smallest absolute Gasteiger partial charge is 0.156 e. The van der Waals surface area contributed by atoms with Gasteiger partial charge in [0.25, 0.3) is 0 Å². The Hall–Kier alpha value is -0.150. The SMILES string of the molecule is Clc1cc(Cl)c(OCCCCNC2CC2)c(Cl)c1. The van der Waals surface area contributed by atoms with Crippen LogP contribution in [0.25, 0.3) is 0 Å². The normalized spacial score (nSPS) is 14.8. The van der Waals surface area contributed by atoms with Crippen molar-refractivity contribution < 1.29 is 4.74 Å². The van der Waals surface area contributed by atoms with E-state index in [9.17, 15) is 0 Å². The van der Waals surface area contributed by atoms with Crippen LogP contribution >= 0.6 is 34.8 Å². The van der Waals surface area contributed by atoms with Crippen molar-refractivity contribution in [2.75, 3.05) is 13.2 Å². The lowest BCUT2D eigenvalue weighted by Crippen LogP contribution is -2.17. The summed E-state index contributed by atoms with van der Waals surface area (Å²) in [4.78, 5) is 0. The van der Waals surface area contributed by atoms with E-state index in [1.54, 1.807) is 12.1 Å². The summed E-state index contributed by atoms with van der Waals surface area (Å²) in [6.45, 7) is 1.67. The lowest BCUT2D eigenvalue weighted by atomic mass is 10.3. The van der Waals surface area contributed by atoms with Crippen molar-refractivity contribution >= 4 is 34.8 Å². The molecule has 1 aliphatic carbocycles. The van der Waals surface area contributed by atoms with Gasteiger partial charge >= 0.3 is 0 Å². The average Bonchev–Trinajstić information content (AvgIpc) is 3.09. The second-order valence-electron chi connectivity index (χ2n) is 4.48. The molecule has 0 aromatic heterocycles. The number of ether oxygens (including phenoxy) is 1. The zero-order valence-electron chi connectivity index (χ0n) is 10.0. The minimum absolute atomic E-state index is 0.462.